The highest BCUT2D eigenvalue weighted by Crippen LogP contribution is 2.28. The molecule has 0 unspecified atom stereocenters. The van der Waals surface area contributed by atoms with Crippen molar-refractivity contribution in [1.29, 1.82) is 5.26 Å². The molecular weight excluding hydrogens is 494 g/mol. The summed E-state index contributed by atoms with van der Waals surface area (Å²) in [6.45, 7) is 0.326. The van der Waals surface area contributed by atoms with Crippen molar-refractivity contribution in [2.45, 2.75) is 6.61 Å². The van der Waals surface area contributed by atoms with Crippen molar-refractivity contribution < 1.29 is 14.3 Å². The molecular formula is C27H20BrN3O3. The van der Waals surface area contributed by atoms with E-state index >= 15 is 0 Å². The van der Waals surface area contributed by atoms with Gasteiger partial charge in [-0.25, -0.2) is 5.43 Å². The minimum atomic E-state index is -0.394. The van der Waals surface area contributed by atoms with E-state index in [2.05, 4.69) is 32.5 Å². The number of nitrogens with zero attached hydrogens (tertiary/aromatic N) is 2. The zero-order valence-electron chi connectivity index (χ0n) is 18.3. The molecule has 34 heavy (non-hydrogen) atoms. The lowest BCUT2D eigenvalue weighted by atomic mass is 10.0. The number of fused-ring (bicyclic) bond motifs is 1. The van der Waals surface area contributed by atoms with E-state index in [0.29, 0.717) is 29.2 Å². The number of methoxy groups -OCH3 is 1. The number of nitriles is 1. The number of carbonyl (C=O) groups excluding carboxylic acids is 1. The molecule has 1 amide bonds. The Bertz CT molecular complexity index is 1410. The summed E-state index contributed by atoms with van der Waals surface area (Å²) < 4.78 is 12.1. The number of ether oxygens (including phenoxy) is 2. The van der Waals surface area contributed by atoms with Crippen LogP contribution in [0, 0.1) is 11.3 Å². The second kappa shape index (κ2) is 10.6. The van der Waals surface area contributed by atoms with Crippen LogP contribution in [-0.4, -0.2) is 19.2 Å². The van der Waals surface area contributed by atoms with Gasteiger partial charge in [0.05, 0.1) is 30.5 Å². The van der Waals surface area contributed by atoms with Crippen molar-refractivity contribution in [2.24, 2.45) is 5.10 Å². The van der Waals surface area contributed by atoms with Crippen LogP contribution in [0.1, 0.15) is 27.0 Å². The van der Waals surface area contributed by atoms with E-state index in [9.17, 15) is 4.79 Å². The van der Waals surface area contributed by atoms with Crippen LogP contribution in [0.3, 0.4) is 0 Å². The quantitative estimate of drug-likeness (QED) is 0.249. The molecule has 0 aliphatic rings. The number of hydrogen-bond acceptors (Lipinski definition) is 5. The number of hydrogen-bond donors (Lipinski definition) is 1. The van der Waals surface area contributed by atoms with E-state index in [-0.39, 0.29) is 0 Å². The van der Waals surface area contributed by atoms with Crippen LogP contribution in [-0.2, 0) is 6.61 Å². The lowest BCUT2D eigenvalue weighted by Crippen LogP contribution is -2.18. The molecule has 0 saturated carbocycles. The number of rotatable bonds is 7. The smallest absolute Gasteiger partial charge is 0.275 e. The molecule has 0 aliphatic carbocycles. The van der Waals surface area contributed by atoms with Crippen molar-refractivity contribution in [1.82, 2.24) is 5.43 Å². The lowest BCUT2D eigenvalue weighted by molar-refractivity contribution is 0.0952. The van der Waals surface area contributed by atoms with E-state index in [0.717, 1.165) is 26.4 Å². The average Bonchev–Trinajstić information content (AvgIpc) is 2.88. The lowest BCUT2D eigenvalue weighted by Gasteiger charge is -2.12. The van der Waals surface area contributed by atoms with Gasteiger partial charge >= 0.3 is 0 Å². The van der Waals surface area contributed by atoms with Gasteiger partial charge in [0, 0.05) is 10.0 Å². The predicted octanol–water partition coefficient (Wildman–Crippen LogP) is 5.83. The van der Waals surface area contributed by atoms with Crippen LogP contribution in [0.2, 0.25) is 0 Å². The Morgan fingerprint density at radius 3 is 2.59 bits per heavy atom. The highest BCUT2D eigenvalue weighted by atomic mass is 79.9. The summed E-state index contributed by atoms with van der Waals surface area (Å²) in [5.41, 5.74) is 5.21. The molecule has 168 valence electrons. The first-order chi connectivity index (χ1) is 16.6. The summed E-state index contributed by atoms with van der Waals surface area (Å²) in [4.78, 5) is 12.7. The summed E-state index contributed by atoms with van der Waals surface area (Å²) >= 11 is 3.37. The van der Waals surface area contributed by atoms with Gasteiger partial charge in [-0.15, -0.1) is 0 Å². The van der Waals surface area contributed by atoms with Crippen LogP contribution in [0.4, 0.5) is 0 Å². The molecule has 0 bridgehead atoms. The first kappa shape index (κ1) is 23.0. The number of benzene rings is 4. The fourth-order valence-electron chi connectivity index (χ4n) is 3.44. The van der Waals surface area contributed by atoms with Crippen LogP contribution in [0.15, 0.2) is 88.4 Å². The molecule has 0 fully saturated rings. The van der Waals surface area contributed by atoms with Crippen molar-refractivity contribution in [3.63, 3.8) is 0 Å². The Kier molecular flexibility index (Phi) is 7.21. The predicted molar refractivity (Wildman–Crippen MR) is 135 cm³/mol. The van der Waals surface area contributed by atoms with Gasteiger partial charge < -0.3 is 9.47 Å². The third kappa shape index (κ3) is 5.25. The van der Waals surface area contributed by atoms with Gasteiger partial charge in [0.1, 0.15) is 18.1 Å². The van der Waals surface area contributed by atoms with Gasteiger partial charge in [-0.2, -0.15) is 10.4 Å². The van der Waals surface area contributed by atoms with E-state index in [4.69, 9.17) is 14.7 Å². The van der Waals surface area contributed by atoms with Crippen molar-refractivity contribution >= 4 is 38.8 Å². The normalized spacial score (nSPS) is 10.7. The maximum Gasteiger partial charge on any atom is 0.275 e. The minimum Gasteiger partial charge on any atom is -0.496 e. The average molecular weight is 514 g/mol. The van der Waals surface area contributed by atoms with Gasteiger partial charge in [0.25, 0.3) is 5.91 Å². The molecule has 0 spiro atoms. The van der Waals surface area contributed by atoms with Crippen LogP contribution in [0.5, 0.6) is 11.5 Å². The maximum atomic E-state index is 12.7. The zero-order valence-corrected chi connectivity index (χ0v) is 19.9. The highest BCUT2D eigenvalue weighted by Gasteiger charge is 2.13. The van der Waals surface area contributed by atoms with Crippen molar-refractivity contribution in [3.05, 3.63) is 106 Å². The number of halogens is 1. The Labute approximate surface area is 205 Å². The Hall–Kier alpha value is -4.15. The van der Waals surface area contributed by atoms with Gasteiger partial charge in [-0.3, -0.25) is 4.79 Å². The number of hydrazone groups is 1. The first-order valence-corrected chi connectivity index (χ1v) is 11.2. The Morgan fingerprint density at radius 2 is 1.82 bits per heavy atom. The molecule has 4 aromatic rings. The standard InChI is InChI=1S/C27H20BrN3O3/c1-33-25-13-11-21(28)14-23(25)27(32)31-30-16-24-22-5-3-2-4-20(22)10-12-26(24)34-17-19-8-6-18(15-29)7-9-19/h2-14,16H,17H2,1H3,(H,31,32)/b30-16-. The van der Waals surface area contributed by atoms with Gasteiger partial charge in [0.2, 0.25) is 0 Å². The van der Waals surface area contributed by atoms with Crippen molar-refractivity contribution in [3.8, 4) is 17.6 Å². The fourth-order valence-corrected chi connectivity index (χ4v) is 3.81. The summed E-state index contributed by atoms with van der Waals surface area (Å²) in [6.07, 6.45) is 1.58. The van der Waals surface area contributed by atoms with E-state index in [1.165, 1.54) is 7.11 Å². The molecule has 6 nitrogen and oxygen atoms in total. The third-order valence-corrected chi connectivity index (χ3v) is 5.67. The number of carbonyl (C=O) groups is 1. The first-order valence-electron chi connectivity index (χ1n) is 10.4. The topological polar surface area (TPSA) is 83.7 Å². The molecule has 1 N–H and O–H groups in total. The van der Waals surface area contributed by atoms with Crippen molar-refractivity contribution in [2.75, 3.05) is 7.11 Å². The second-order valence-electron chi connectivity index (χ2n) is 7.34. The summed E-state index contributed by atoms with van der Waals surface area (Å²) in [6, 6.07) is 26.3. The fraction of sp³-hybridized carbons (Fsp3) is 0.0741. The molecule has 0 saturated heterocycles. The zero-order chi connectivity index (χ0) is 23.9. The van der Waals surface area contributed by atoms with E-state index in [1.54, 1.807) is 36.5 Å². The molecule has 0 aromatic heterocycles. The minimum absolute atomic E-state index is 0.326. The molecule has 0 atom stereocenters. The molecule has 0 radical (unpaired) electrons. The third-order valence-electron chi connectivity index (χ3n) is 5.17. The van der Waals surface area contributed by atoms with Gasteiger partial charge in [-0.05, 0) is 52.7 Å². The summed E-state index contributed by atoms with van der Waals surface area (Å²) in [7, 11) is 1.51. The largest absolute Gasteiger partial charge is 0.496 e. The Balaban J connectivity index is 1.59. The van der Waals surface area contributed by atoms with Crippen LogP contribution >= 0.6 is 15.9 Å². The molecule has 4 rings (SSSR count). The maximum absolute atomic E-state index is 12.7. The number of amides is 1. The summed E-state index contributed by atoms with van der Waals surface area (Å²) in [5.74, 6) is 0.684. The molecule has 0 aliphatic heterocycles. The molecule has 4 aromatic carbocycles. The SMILES string of the molecule is COc1ccc(Br)cc1C(=O)N/N=C\c1c(OCc2ccc(C#N)cc2)ccc2ccccc12. The monoisotopic (exact) mass is 513 g/mol. The van der Waals surface area contributed by atoms with Crippen LogP contribution < -0.4 is 14.9 Å². The van der Waals surface area contributed by atoms with Crippen LogP contribution in [0.25, 0.3) is 10.8 Å². The molecule has 7 heteroatoms. The highest BCUT2D eigenvalue weighted by molar-refractivity contribution is 9.10. The molecule has 0 heterocycles. The van der Waals surface area contributed by atoms with Gasteiger partial charge in [0.15, 0.2) is 0 Å². The number of nitrogens with one attached hydrogen (secondary N) is 1. The summed E-state index contributed by atoms with van der Waals surface area (Å²) in [5, 5.41) is 15.1. The van der Waals surface area contributed by atoms with Gasteiger partial charge in [-0.1, -0.05) is 58.4 Å². The van der Waals surface area contributed by atoms with E-state index in [1.807, 2.05) is 48.5 Å². The second-order valence-corrected chi connectivity index (χ2v) is 8.26. The van der Waals surface area contributed by atoms with E-state index < -0.39 is 5.91 Å². The Morgan fingerprint density at radius 1 is 1.06 bits per heavy atom.